The smallest absolute Gasteiger partial charge is 0.407 e. The van der Waals surface area contributed by atoms with Crippen LogP contribution in [-0.4, -0.2) is 41.6 Å². The molecule has 0 saturated carbocycles. The van der Waals surface area contributed by atoms with Gasteiger partial charge in [0.2, 0.25) is 0 Å². The molecule has 0 aliphatic rings. The molecule has 0 fully saturated rings. The molecule has 1 atom stereocenters. The minimum absolute atomic E-state index is 0.0231. The van der Waals surface area contributed by atoms with Gasteiger partial charge in [0.15, 0.2) is 18.3 Å². The summed E-state index contributed by atoms with van der Waals surface area (Å²) in [6, 6.07) is 1.87. The summed E-state index contributed by atoms with van der Waals surface area (Å²) in [7, 11) is 0. The highest BCUT2D eigenvalue weighted by Crippen LogP contribution is 2.20. The molecule has 9 heteroatoms. The van der Waals surface area contributed by atoms with E-state index in [0.29, 0.717) is 5.01 Å². The van der Waals surface area contributed by atoms with Crippen LogP contribution in [0.15, 0.2) is 5.38 Å². The second-order valence-electron chi connectivity index (χ2n) is 6.19. The second kappa shape index (κ2) is 9.13. The largest absolute Gasteiger partial charge is 0.458 e. The minimum atomic E-state index is -1.05. The lowest BCUT2D eigenvalue weighted by Gasteiger charge is -2.19. The first-order valence-corrected chi connectivity index (χ1v) is 8.47. The number of hydrogen-bond acceptors (Lipinski definition) is 8. The Balaban J connectivity index is 2.35. The first kappa shape index (κ1) is 20.6. The van der Waals surface area contributed by atoms with Crippen molar-refractivity contribution in [3.05, 3.63) is 16.1 Å². The Morgan fingerprint density at radius 3 is 2.60 bits per heavy atom. The molecule has 1 N–H and O–H groups in total. The van der Waals surface area contributed by atoms with Crippen LogP contribution < -0.4 is 5.32 Å². The van der Waals surface area contributed by atoms with Crippen LogP contribution in [0.5, 0.6) is 0 Å². The highest BCUT2D eigenvalue weighted by atomic mass is 32.1. The molecular weight excluding hydrogens is 346 g/mol. The Labute approximate surface area is 150 Å². The van der Waals surface area contributed by atoms with Crippen molar-refractivity contribution in [2.24, 2.45) is 0 Å². The van der Waals surface area contributed by atoms with Gasteiger partial charge in [0.1, 0.15) is 10.6 Å². The zero-order valence-corrected chi connectivity index (χ0v) is 15.4. The van der Waals surface area contributed by atoms with Gasteiger partial charge in [-0.2, -0.15) is 5.26 Å². The molecular formula is C16H21N3O5S. The molecule has 0 unspecified atom stereocenters. The summed E-state index contributed by atoms with van der Waals surface area (Å²) in [5.41, 5.74) is 0.0931. The first-order chi connectivity index (χ1) is 11.6. The fraction of sp³-hybridized carbons (Fsp3) is 0.562. The number of hydrogen-bond donors (Lipinski definition) is 1. The minimum Gasteiger partial charge on any atom is -0.458 e. The number of ether oxygens (including phenoxy) is 2. The third kappa shape index (κ3) is 7.76. The number of carbonyl (C=O) groups is 3. The lowest BCUT2D eigenvalue weighted by Crippen LogP contribution is -2.34. The van der Waals surface area contributed by atoms with Gasteiger partial charge in [-0.15, -0.1) is 11.3 Å². The summed E-state index contributed by atoms with van der Waals surface area (Å²) < 4.78 is 9.86. The third-order valence-electron chi connectivity index (χ3n) is 2.71. The van der Waals surface area contributed by atoms with Crippen LogP contribution in [0, 0.1) is 18.3 Å². The standard InChI is InChI=1S/C16H21N3O5S/c1-10-9-25-14(19-10)11(7-17)12(20)8-23-13(21)5-6-18-15(22)24-16(2,3)4/h9,11H,5-6,8H2,1-4H3,(H,18,22)/t11-/m1/s1. The number of ketones is 1. The number of esters is 1. The number of nitrogens with one attached hydrogen (secondary N) is 1. The van der Waals surface area contributed by atoms with Crippen molar-refractivity contribution >= 4 is 29.2 Å². The molecule has 1 aromatic heterocycles. The molecule has 0 bridgehead atoms. The van der Waals surface area contributed by atoms with Crippen molar-refractivity contribution < 1.29 is 23.9 Å². The van der Waals surface area contributed by atoms with Crippen molar-refractivity contribution in [1.29, 1.82) is 5.26 Å². The van der Waals surface area contributed by atoms with Crippen LogP contribution in [0.1, 0.15) is 43.8 Å². The van der Waals surface area contributed by atoms with Gasteiger partial charge in [-0.05, 0) is 27.7 Å². The molecule has 0 aliphatic heterocycles. The Bertz CT molecular complexity index is 672. The van der Waals surface area contributed by atoms with E-state index in [1.807, 2.05) is 6.07 Å². The van der Waals surface area contributed by atoms with E-state index in [-0.39, 0.29) is 13.0 Å². The lowest BCUT2D eigenvalue weighted by atomic mass is 10.1. The van der Waals surface area contributed by atoms with Crippen molar-refractivity contribution in [3.63, 3.8) is 0 Å². The van der Waals surface area contributed by atoms with E-state index in [1.165, 1.54) is 11.3 Å². The van der Waals surface area contributed by atoms with Gasteiger partial charge in [0, 0.05) is 17.6 Å². The monoisotopic (exact) mass is 367 g/mol. The van der Waals surface area contributed by atoms with Gasteiger partial charge >= 0.3 is 12.1 Å². The summed E-state index contributed by atoms with van der Waals surface area (Å²) in [5.74, 6) is -2.24. The van der Waals surface area contributed by atoms with Crippen LogP contribution in [0.4, 0.5) is 4.79 Å². The predicted molar refractivity (Wildman–Crippen MR) is 90.0 cm³/mol. The second-order valence-corrected chi connectivity index (χ2v) is 7.08. The van der Waals surface area contributed by atoms with Gasteiger partial charge in [0.05, 0.1) is 12.5 Å². The summed E-state index contributed by atoms with van der Waals surface area (Å²) in [4.78, 5) is 39.1. The first-order valence-electron chi connectivity index (χ1n) is 7.59. The van der Waals surface area contributed by atoms with Gasteiger partial charge in [-0.3, -0.25) is 9.59 Å². The summed E-state index contributed by atoms with van der Waals surface area (Å²) >= 11 is 1.21. The Morgan fingerprint density at radius 2 is 2.08 bits per heavy atom. The third-order valence-corrected chi connectivity index (χ3v) is 3.74. The van der Waals surface area contributed by atoms with E-state index in [2.05, 4.69) is 10.3 Å². The van der Waals surface area contributed by atoms with Crippen molar-refractivity contribution in [2.75, 3.05) is 13.2 Å². The zero-order chi connectivity index (χ0) is 19.0. The lowest BCUT2D eigenvalue weighted by molar-refractivity contribution is -0.147. The fourth-order valence-corrected chi connectivity index (χ4v) is 2.52. The number of alkyl carbamates (subject to hydrolysis) is 1. The summed E-state index contributed by atoms with van der Waals surface area (Å²) in [6.07, 6.45) is -0.750. The quantitative estimate of drug-likeness (QED) is 0.733. The Hall–Kier alpha value is -2.47. The normalized spacial score (nSPS) is 12.0. The SMILES string of the molecule is Cc1csc([C@H](C#N)C(=O)COC(=O)CCNC(=O)OC(C)(C)C)n1. The average molecular weight is 367 g/mol. The molecule has 136 valence electrons. The van der Waals surface area contributed by atoms with E-state index < -0.39 is 36.0 Å². The van der Waals surface area contributed by atoms with Crippen LogP contribution in [0.25, 0.3) is 0 Å². The number of thiazole rings is 1. The van der Waals surface area contributed by atoms with Crippen molar-refractivity contribution in [1.82, 2.24) is 10.3 Å². The number of aromatic nitrogens is 1. The number of nitrogens with zero attached hydrogens (tertiary/aromatic N) is 2. The molecule has 0 radical (unpaired) electrons. The highest BCUT2D eigenvalue weighted by molar-refractivity contribution is 7.09. The van der Waals surface area contributed by atoms with Gasteiger partial charge in [0.25, 0.3) is 0 Å². The number of amides is 1. The average Bonchev–Trinajstić information content (AvgIpc) is 2.90. The Kier molecular flexibility index (Phi) is 7.51. The molecule has 0 aromatic carbocycles. The number of nitriles is 1. The van der Waals surface area contributed by atoms with Crippen LogP contribution in [0.3, 0.4) is 0 Å². The molecule has 1 rings (SSSR count). The highest BCUT2D eigenvalue weighted by Gasteiger charge is 2.24. The fourth-order valence-electron chi connectivity index (χ4n) is 1.66. The van der Waals surface area contributed by atoms with Crippen molar-refractivity contribution in [2.45, 2.75) is 45.6 Å². The maximum atomic E-state index is 12.0. The zero-order valence-electron chi connectivity index (χ0n) is 14.6. The molecule has 0 spiro atoms. The van der Waals surface area contributed by atoms with E-state index in [9.17, 15) is 14.4 Å². The number of aryl methyl sites for hydroxylation is 1. The topological polar surface area (TPSA) is 118 Å². The van der Waals surface area contributed by atoms with E-state index in [1.54, 1.807) is 33.1 Å². The number of rotatable bonds is 7. The molecule has 0 aliphatic carbocycles. The summed E-state index contributed by atoms with van der Waals surface area (Å²) in [6.45, 7) is 6.44. The molecule has 0 saturated heterocycles. The molecule has 8 nitrogen and oxygen atoms in total. The van der Waals surface area contributed by atoms with Crippen molar-refractivity contribution in [3.8, 4) is 6.07 Å². The molecule has 1 heterocycles. The predicted octanol–water partition coefficient (Wildman–Crippen LogP) is 2.09. The summed E-state index contributed by atoms with van der Waals surface area (Å²) in [5, 5.41) is 13.6. The van der Waals surface area contributed by atoms with E-state index >= 15 is 0 Å². The molecule has 25 heavy (non-hydrogen) atoms. The number of Topliss-reactive ketones (excluding diaryl/α,β-unsaturated/α-hetero) is 1. The maximum Gasteiger partial charge on any atom is 0.407 e. The van der Waals surface area contributed by atoms with Crippen LogP contribution in [0.2, 0.25) is 0 Å². The Morgan fingerprint density at radius 1 is 1.40 bits per heavy atom. The van der Waals surface area contributed by atoms with E-state index in [0.717, 1.165) is 5.69 Å². The number of carbonyl (C=O) groups excluding carboxylic acids is 3. The molecule has 1 aromatic rings. The van der Waals surface area contributed by atoms with E-state index in [4.69, 9.17) is 14.7 Å². The van der Waals surface area contributed by atoms with Gasteiger partial charge in [-0.1, -0.05) is 0 Å². The van der Waals surface area contributed by atoms with Gasteiger partial charge in [-0.25, -0.2) is 9.78 Å². The van der Waals surface area contributed by atoms with Crippen LogP contribution >= 0.6 is 11.3 Å². The van der Waals surface area contributed by atoms with Crippen LogP contribution in [-0.2, 0) is 19.1 Å². The maximum absolute atomic E-state index is 12.0. The molecule has 1 amide bonds. The van der Waals surface area contributed by atoms with Gasteiger partial charge < -0.3 is 14.8 Å².